The molecule has 0 atom stereocenters. The molecule has 1 aromatic heterocycles. The number of sulfonamides is 1. The lowest BCUT2D eigenvalue weighted by Gasteiger charge is -2.33. The van der Waals surface area contributed by atoms with Crippen molar-refractivity contribution < 1.29 is 17.9 Å². The average molecular weight is 420 g/mol. The molecule has 2 heterocycles. The summed E-state index contributed by atoms with van der Waals surface area (Å²) in [7, 11) is -1.70. The standard InChI is InChI=1S/C19H24N4O5S/c1-28-17-7-5-16(6-8-17)23-14-15(4-3-13-24)20-18(19(23)25)21-9-11-22(12-10-21)29(2,26)27/h5-8,13-14H,3-4,9-12H2,1-2H3. The number of ether oxygens (including phenoxy) is 1. The minimum atomic E-state index is -3.27. The monoisotopic (exact) mass is 420 g/mol. The Morgan fingerprint density at radius 3 is 2.34 bits per heavy atom. The van der Waals surface area contributed by atoms with Gasteiger partial charge in [-0.1, -0.05) is 0 Å². The smallest absolute Gasteiger partial charge is 0.298 e. The fraction of sp³-hybridized carbons (Fsp3) is 0.421. The number of benzene rings is 1. The first-order valence-electron chi connectivity index (χ1n) is 9.24. The molecule has 2 aromatic rings. The maximum Gasteiger partial charge on any atom is 0.298 e. The van der Waals surface area contributed by atoms with E-state index < -0.39 is 10.0 Å². The Bertz CT molecular complexity index is 1030. The van der Waals surface area contributed by atoms with E-state index in [-0.39, 0.29) is 11.4 Å². The van der Waals surface area contributed by atoms with Crippen LogP contribution in [-0.4, -0.2) is 68.1 Å². The van der Waals surface area contributed by atoms with E-state index in [1.165, 1.54) is 15.1 Å². The molecule has 0 saturated carbocycles. The zero-order valence-electron chi connectivity index (χ0n) is 16.4. The lowest BCUT2D eigenvalue weighted by Crippen LogP contribution is -2.50. The first-order valence-corrected chi connectivity index (χ1v) is 11.1. The van der Waals surface area contributed by atoms with Gasteiger partial charge in [-0.05, 0) is 30.7 Å². The van der Waals surface area contributed by atoms with Crippen molar-refractivity contribution in [2.24, 2.45) is 0 Å². The summed E-state index contributed by atoms with van der Waals surface area (Å²) < 4.78 is 31.5. The molecule has 0 bridgehead atoms. The second-order valence-corrected chi connectivity index (χ2v) is 8.77. The predicted octanol–water partition coefficient (Wildman–Crippen LogP) is 0.454. The molecule has 0 unspecified atom stereocenters. The summed E-state index contributed by atoms with van der Waals surface area (Å²) in [5, 5.41) is 0. The second-order valence-electron chi connectivity index (χ2n) is 6.78. The fourth-order valence-corrected chi connectivity index (χ4v) is 4.05. The average Bonchev–Trinajstić information content (AvgIpc) is 2.72. The largest absolute Gasteiger partial charge is 0.497 e. The Kier molecular flexibility index (Phi) is 6.33. The lowest BCUT2D eigenvalue weighted by atomic mass is 10.2. The lowest BCUT2D eigenvalue weighted by molar-refractivity contribution is -0.107. The van der Waals surface area contributed by atoms with E-state index in [0.29, 0.717) is 56.2 Å². The third kappa shape index (κ3) is 4.83. The summed E-state index contributed by atoms with van der Waals surface area (Å²) in [6.45, 7) is 1.33. The number of methoxy groups -OCH3 is 1. The highest BCUT2D eigenvalue weighted by molar-refractivity contribution is 7.88. The van der Waals surface area contributed by atoms with E-state index in [9.17, 15) is 18.0 Å². The normalized spacial score (nSPS) is 15.3. The summed E-state index contributed by atoms with van der Waals surface area (Å²) in [6, 6.07) is 7.07. The van der Waals surface area contributed by atoms with Crippen LogP contribution in [0.5, 0.6) is 5.75 Å². The number of nitrogens with zero attached hydrogens (tertiary/aromatic N) is 4. The van der Waals surface area contributed by atoms with Gasteiger partial charge in [0.2, 0.25) is 10.0 Å². The Hall–Kier alpha value is -2.72. The van der Waals surface area contributed by atoms with Crippen molar-refractivity contribution in [2.45, 2.75) is 12.8 Å². The van der Waals surface area contributed by atoms with Crippen LogP contribution in [0.3, 0.4) is 0 Å². The van der Waals surface area contributed by atoms with E-state index in [1.54, 1.807) is 42.5 Å². The molecule has 0 aliphatic carbocycles. The number of aromatic nitrogens is 2. The zero-order valence-corrected chi connectivity index (χ0v) is 17.3. The van der Waals surface area contributed by atoms with Crippen molar-refractivity contribution in [1.82, 2.24) is 13.9 Å². The number of carbonyl (C=O) groups excluding carboxylic acids is 1. The predicted molar refractivity (Wildman–Crippen MR) is 109 cm³/mol. The van der Waals surface area contributed by atoms with Gasteiger partial charge in [-0.15, -0.1) is 0 Å². The number of aldehydes is 1. The molecule has 0 N–H and O–H groups in total. The van der Waals surface area contributed by atoms with E-state index in [1.807, 2.05) is 0 Å². The Morgan fingerprint density at radius 2 is 1.79 bits per heavy atom. The van der Waals surface area contributed by atoms with Crippen LogP contribution in [0, 0.1) is 0 Å². The summed E-state index contributed by atoms with van der Waals surface area (Å²) >= 11 is 0. The number of carbonyl (C=O) groups is 1. The van der Waals surface area contributed by atoms with E-state index in [0.717, 1.165) is 6.29 Å². The molecule has 1 aliphatic heterocycles. The molecule has 0 spiro atoms. The van der Waals surface area contributed by atoms with Gasteiger partial charge in [0.25, 0.3) is 5.56 Å². The van der Waals surface area contributed by atoms with Gasteiger partial charge in [-0.2, -0.15) is 4.31 Å². The topological polar surface area (TPSA) is 102 Å². The highest BCUT2D eigenvalue weighted by atomic mass is 32.2. The third-order valence-corrected chi connectivity index (χ3v) is 6.12. The van der Waals surface area contributed by atoms with Crippen LogP contribution in [0.2, 0.25) is 0 Å². The number of rotatable bonds is 7. The molecule has 10 heteroatoms. The number of aryl methyl sites for hydroxylation is 1. The van der Waals surface area contributed by atoms with Gasteiger partial charge in [-0.3, -0.25) is 9.36 Å². The van der Waals surface area contributed by atoms with Crippen molar-refractivity contribution in [1.29, 1.82) is 0 Å². The number of anilines is 1. The minimum absolute atomic E-state index is 0.261. The first-order chi connectivity index (χ1) is 13.8. The van der Waals surface area contributed by atoms with Crippen molar-refractivity contribution >= 4 is 22.1 Å². The van der Waals surface area contributed by atoms with Crippen molar-refractivity contribution in [2.75, 3.05) is 44.4 Å². The number of hydrogen-bond donors (Lipinski definition) is 0. The van der Waals surface area contributed by atoms with E-state index in [4.69, 9.17) is 4.74 Å². The molecule has 29 heavy (non-hydrogen) atoms. The maximum absolute atomic E-state index is 13.2. The molecule has 1 aromatic carbocycles. The molecule has 1 fully saturated rings. The molecular formula is C19H24N4O5S. The van der Waals surface area contributed by atoms with Crippen LogP contribution in [0.1, 0.15) is 12.1 Å². The van der Waals surface area contributed by atoms with Crippen molar-refractivity contribution in [3.05, 3.63) is 46.5 Å². The SMILES string of the molecule is COc1ccc(-n2cc(CCC=O)nc(N3CCN(S(C)(=O)=O)CC3)c2=O)cc1. The summed E-state index contributed by atoms with van der Waals surface area (Å²) in [4.78, 5) is 30.2. The summed E-state index contributed by atoms with van der Waals surface area (Å²) in [6.07, 6.45) is 4.35. The van der Waals surface area contributed by atoms with Crippen LogP contribution in [-0.2, 0) is 21.2 Å². The minimum Gasteiger partial charge on any atom is -0.497 e. The van der Waals surface area contributed by atoms with Gasteiger partial charge in [0, 0.05) is 44.5 Å². The van der Waals surface area contributed by atoms with Crippen LogP contribution in [0.15, 0.2) is 35.3 Å². The summed E-state index contributed by atoms with van der Waals surface area (Å²) in [5.74, 6) is 0.937. The Balaban J connectivity index is 1.97. The molecular weight excluding hydrogens is 396 g/mol. The van der Waals surface area contributed by atoms with Crippen LogP contribution < -0.4 is 15.2 Å². The van der Waals surface area contributed by atoms with Crippen LogP contribution in [0.25, 0.3) is 5.69 Å². The second kappa shape index (κ2) is 8.75. The first kappa shape index (κ1) is 21.0. The van der Waals surface area contributed by atoms with Crippen molar-refractivity contribution in [3.63, 3.8) is 0 Å². The van der Waals surface area contributed by atoms with Crippen LogP contribution in [0.4, 0.5) is 5.82 Å². The number of piperazine rings is 1. The van der Waals surface area contributed by atoms with Gasteiger partial charge >= 0.3 is 0 Å². The quantitative estimate of drug-likeness (QED) is 0.600. The molecule has 0 amide bonds. The molecule has 9 nitrogen and oxygen atoms in total. The van der Waals surface area contributed by atoms with Gasteiger partial charge in [0.1, 0.15) is 12.0 Å². The Morgan fingerprint density at radius 1 is 1.14 bits per heavy atom. The highest BCUT2D eigenvalue weighted by Crippen LogP contribution is 2.17. The molecule has 0 radical (unpaired) electrons. The van der Waals surface area contributed by atoms with E-state index in [2.05, 4.69) is 4.98 Å². The van der Waals surface area contributed by atoms with E-state index >= 15 is 0 Å². The fourth-order valence-electron chi connectivity index (χ4n) is 3.23. The molecule has 156 valence electrons. The van der Waals surface area contributed by atoms with Gasteiger partial charge in [-0.25, -0.2) is 13.4 Å². The van der Waals surface area contributed by atoms with Crippen molar-refractivity contribution in [3.8, 4) is 11.4 Å². The third-order valence-electron chi connectivity index (χ3n) is 4.81. The molecule has 1 aliphatic rings. The molecule has 3 rings (SSSR count). The van der Waals surface area contributed by atoms with Crippen LogP contribution >= 0.6 is 0 Å². The van der Waals surface area contributed by atoms with Gasteiger partial charge in [0.05, 0.1) is 19.1 Å². The molecule has 1 saturated heterocycles. The zero-order chi connectivity index (χ0) is 21.0. The van der Waals surface area contributed by atoms with Gasteiger partial charge in [0.15, 0.2) is 5.82 Å². The Labute approximate surface area is 169 Å². The highest BCUT2D eigenvalue weighted by Gasteiger charge is 2.26. The number of hydrogen-bond acceptors (Lipinski definition) is 7. The summed E-state index contributed by atoms with van der Waals surface area (Å²) in [5.41, 5.74) is 0.979. The maximum atomic E-state index is 13.2. The van der Waals surface area contributed by atoms with Gasteiger partial charge < -0.3 is 14.4 Å².